The van der Waals surface area contributed by atoms with Gasteiger partial charge in [0.2, 0.25) is 0 Å². The Morgan fingerprint density at radius 2 is 2.00 bits per heavy atom. The molecule has 0 aromatic heterocycles. The normalized spacial score (nSPS) is 39.0. The Hall–Kier alpha value is -0.990. The van der Waals surface area contributed by atoms with Gasteiger partial charge in [0.25, 0.3) is 0 Å². The molecule has 3 aliphatic rings. The zero-order chi connectivity index (χ0) is 16.8. The molecule has 0 aromatic carbocycles. The van der Waals surface area contributed by atoms with Crippen LogP contribution in [0.15, 0.2) is 12.7 Å². The maximum absolute atomic E-state index is 12.1. The molecule has 0 bridgehead atoms. The van der Waals surface area contributed by atoms with Gasteiger partial charge in [0, 0.05) is 0 Å². The highest BCUT2D eigenvalue weighted by molar-refractivity contribution is 5.78. The first kappa shape index (κ1) is 16.9. The van der Waals surface area contributed by atoms with Crippen LogP contribution in [0, 0.1) is 0 Å². The first-order valence-electron chi connectivity index (χ1n) is 7.83. The molecule has 23 heavy (non-hydrogen) atoms. The molecule has 0 radical (unpaired) electrons. The van der Waals surface area contributed by atoms with Crippen LogP contribution in [0.5, 0.6) is 0 Å². The van der Waals surface area contributed by atoms with Crippen LogP contribution in [0.2, 0.25) is 0 Å². The second kappa shape index (κ2) is 5.82. The van der Waals surface area contributed by atoms with Crippen LogP contribution >= 0.6 is 0 Å². The van der Waals surface area contributed by atoms with Crippen molar-refractivity contribution in [1.29, 1.82) is 0 Å². The summed E-state index contributed by atoms with van der Waals surface area (Å²) in [5, 5.41) is 0. The molecule has 0 N–H and O–H groups in total. The second-order valence-corrected chi connectivity index (χ2v) is 6.88. The maximum atomic E-state index is 12.1. The topological polar surface area (TPSA) is 72.5 Å². The molecule has 3 saturated heterocycles. The molecule has 0 unspecified atom stereocenters. The Morgan fingerprint density at radius 1 is 1.26 bits per heavy atom. The Labute approximate surface area is 135 Å². The Kier molecular flexibility index (Phi) is 4.27. The van der Waals surface area contributed by atoms with Gasteiger partial charge in [-0.15, -0.1) is 6.58 Å². The van der Waals surface area contributed by atoms with Gasteiger partial charge in [0.1, 0.15) is 18.3 Å². The summed E-state index contributed by atoms with van der Waals surface area (Å²) in [6, 6.07) is 0. The minimum atomic E-state index is -0.831. The summed E-state index contributed by atoms with van der Waals surface area (Å²) in [6.45, 7) is 11.5. The minimum Gasteiger partial charge on any atom is -0.455 e. The van der Waals surface area contributed by atoms with E-state index in [0.29, 0.717) is 13.2 Å². The molecule has 3 rings (SSSR count). The van der Waals surface area contributed by atoms with Crippen LogP contribution in [0.3, 0.4) is 0 Å². The summed E-state index contributed by atoms with van der Waals surface area (Å²) >= 11 is 0. The molecular formula is C16H24O7. The molecule has 0 aliphatic carbocycles. The van der Waals surface area contributed by atoms with Gasteiger partial charge in [-0.1, -0.05) is 6.08 Å². The van der Waals surface area contributed by atoms with Crippen molar-refractivity contribution in [2.24, 2.45) is 0 Å². The predicted octanol–water partition coefficient (Wildman–Crippen LogP) is 1.15. The monoisotopic (exact) mass is 328 g/mol. The van der Waals surface area contributed by atoms with E-state index in [1.54, 1.807) is 19.9 Å². The van der Waals surface area contributed by atoms with Crippen LogP contribution in [0.4, 0.5) is 0 Å². The summed E-state index contributed by atoms with van der Waals surface area (Å²) in [5.41, 5.74) is 0. The number of carbonyl (C=O) groups excluding carboxylic acids is 1. The van der Waals surface area contributed by atoms with E-state index in [1.807, 2.05) is 13.8 Å². The average Bonchev–Trinajstić information content (AvgIpc) is 3.04. The Bertz CT molecular complexity index is 487. The number of carbonyl (C=O) groups is 1. The Balaban J connectivity index is 1.79. The van der Waals surface area contributed by atoms with E-state index < -0.39 is 42.0 Å². The van der Waals surface area contributed by atoms with Crippen LogP contribution in [-0.4, -0.2) is 61.3 Å². The van der Waals surface area contributed by atoms with Gasteiger partial charge in [0.05, 0.1) is 13.2 Å². The van der Waals surface area contributed by atoms with E-state index in [9.17, 15) is 4.79 Å². The number of hydrogen-bond donors (Lipinski definition) is 0. The quantitative estimate of drug-likeness (QED) is 0.554. The molecule has 7 nitrogen and oxygen atoms in total. The van der Waals surface area contributed by atoms with Gasteiger partial charge in [0.15, 0.2) is 23.8 Å². The van der Waals surface area contributed by atoms with Crippen molar-refractivity contribution < 1.29 is 33.2 Å². The average molecular weight is 328 g/mol. The fraction of sp³-hybridized carbons (Fsp3) is 0.812. The number of hydrogen-bond acceptors (Lipinski definition) is 7. The standard InChI is InChI=1S/C16H24O7/c1-6-7-18-10(9-8-19-15(2,3)21-9)11-12-13(14(17)20-11)23-16(4,5)22-12/h6,9-13H,1,7-8H2,2-5H3/t9-,10-,11+,12-,13-/m1/s1. The lowest BCUT2D eigenvalue weighted by Gasteiger charge is -2.30. The Morgan fingerprint density at radius 3 is 2.61 bits per heavy atom. The number of ether oxygens (including phenoxy) is 6. The van der Waals surface area contributed by atoms with Gasteiger partial charge < -0.3 is 28.4 Å². The number of cyclic esters (lactones) is 1. The highest BCUT2D eigenvalue weighted by Gasteiger charge is 2.60. The van der Waals surface area contributed by atoms with Crippen LogP contribution in [0.1, 0.15) is 27.7 Å². The molecule has 0 spiro atoms. The highest BCUT2D eigenvalue weighted by Crippen LogP contribution is 2.39. The van der Waals surface area contributed by atoms with Crippen molar-refractivity contribution in [3.63, 3.8) is 0 Å². The van der Waals surface area contributed by atoms with Gasteiger partial charge in [-0.25, -0.2) is 4.79 Å². The fourth-order valence-corrected chi connectivity index (χ4v) is 3.20. The van der Waals surface area contributed by atoms with Crippen molar-refractivity contribution in [2.45, 2.75) is 69.8 Å². The van der Waals surface area contributed by atoms with E-state index in [1.165, 1.54) is 0 Å². The lowest BCUT2D eigenvalue weighted by molar-refractivity contribution is -0.208. The van der Waals surface area contributed by atoms with Crippen molar-refractivity contribution in [3.8, 4) is 0 Å². The highest BCUT2D eigenvalue weighted by atomic mass is 16.8. The molecule has 0 saturated carbocycles. The summed E-state index contributed by atoms with van der Waals surface area (Å²) in [6.07, 6.45) is -1.13. The van der Waals surface area contributed by atoms with Gasteiger partial charge in [-0.05, 0) is 27.7 Å². The zero-order valence-electron chi connectivity index (χ0n) is 13.9. The smallest absolute Gasteiger partial charge is 0.338 e. The van der Waals surface area contributed by atoms with Gasteiger partial charge in [-0.3, -0.25) is 0 Å². The molecule has 3 aliphatic heterocycles. The van der Waals surface area contributed by atoms with Crippen molar-refractivity contribution in [3.05, 3.63) is 12.7 Å². The minimum absolute atomic E-state index is 0.306. The van der Waals surface area contributed by atoms with E-state index in [2.05, 4.69) is 6.58 Å². The lowest BCUT2D eigenvalue weighted by Crippen LogP contribution is -2.48. The third-order valence-corrected chi connectivity index (χ3v) is 4.06. The largest absolute Gasteiger partial charge is 0.455 e. The van der Waals surface area contributed by atoms with E-state index in [0.717, 1.165) is 0 Å². The van der Waals surface area contributed by atoms with E-state index in [-0.39, 0.29) is 6.10 Å². The molecule has 3 fully saturated rings. The summed E-state index contributed by atoms with van der Waals surface area (Å²) in [7, 11) is 0. The van der Waals surface area contributed by atoms with Crippen LogP contribution in [-0.2, 0) is 33.2 Å². The fourth-order valence-electron chi connectivity index (χ4n) is 3.20. The van der Waals surface area contributed by atoms with Gasteiger partial charge in [-0.2, -0.15) is 0 Å². The molecule has 0 amide bonds. The van der Waals surface area contributed by atoms with E-state index >= 15 is 0 Å². The molecule has 130 valence electrons. The third kappa shape index (κ3) is 3.29. The maximum Gasteiger partial charge on any atom is 0.338 e. The van der Waals surface area contributed by atoms with Crippen LogP contribution < -0.4 is 0 Å². The number of esters is 1. The molecular weight excluding hydrogens is 304 g/mol. The molecule has 5 atom stereocenters. The molecule has 0 aromatic rings. The first-order valence-corrected chi connectivity index (χ1v) is 7.83. The first-order chi connectivity index (χ1) is 10.7. The van der Waals surface area contributed by atoms with Crippen LogP contribution in [0.25, 0.3) is 0 Å². The number of fused-ring (bicyclic) bond motifs is 1. The summed E-state index contributed by atoms with van der Waals surface area (Å²) in [5.74, 6) is -1.96. The zero-order valence-corrected chi connectivity index (χ0v) is 13.9. The SMILES string of the molecule is C=CCO[C@@H]([C@@H]1OC(=O)[C@@H]2OC(C)(C)O[C@H]12)[C@H]1COC(C)(C)O1. The van der Waals surface area contributed by atoms with E-state index in [4.69, 9.17) is 28.4 Å². The second-order valence-electron chi connectivity index (χ2n) is 6.88. The third-order valence-electron chi connectivity index (χ3n) is 4.06. The summed E-state index contributed by atoms with van der Waals surface area (Å²) < 4.78 is 34.3. The molecule has 7 heteroatoms. The number of rotatable bonds is 5. The van der Waals surface area contributed by atoms with Crippen molar-refractivity contribution in [1.82, 2.24) is 0 Å². The molecule has 3 heterocycles. The predicted molar refractivity (Wildman–Crippen MR) is 78.5 cm³/mol. The van der Waals surface area contributed by atoms with Crippen molar-refractivity contribution >= 4 is 5.97 Å². The lowest BCUT2D eigenvalue weighted by atomic mass is 10.0. The van der Waals surface area contributed by atoms with Gasteiger partial charge >= 0.3 is 5.97 Å². The van der Waals surface area contributed by atoms with Crippen molar-refractivity contribution in [2.75, 3.05) is 13.2 Å². The summed E-state index contributed by atoms with van der Waals surface area (Å²) in [4.78, 5) is 12.1.